The first-order valence-corrected chi connectivity index (χ1v) is 5.40. The highest BCUT2D eigenvalue weighted by molar-refractivity contribution is 5.36. The largest absolute Gasteiger partial charge is 0.313 e. The molecule has 0 amide bonds. The molecule has 2 aromatic rings. The van der Waals surface area contributed by atoms with Crippen LogP contribution in [0.5, 0.6) is 0 Å². The van der Waals surface area contributed by atoms with Crippen molar-refractivity contribution in [2.24, 2.45) is 0 Å². The molecule has 84 valence electrons. The van der Waals surface area contributed by atoms with Gasteiger partial charge in [0.25, 0.3) is 0 Å². The maximum Gasteiger partial charge on any atom is 0.138 e. The first-order chi connectivity index (χ1) is 7.92. The maximum atomic E-state index is 4.11. The van der Waals surface area contributed by atoms with Crippen LogP contribution >= 0.6 is 0 Å². The molecule has 5 nitrogen and oxygen atoms in total. The Balaban J connectivity index is 2.18. The molecular formula is C11H15N5. The Kier molecular flexibility index (Phi) is 3.61. The Bertz CT molecular complexity index is 424. The van der Waals surface area contributed by atoms with Gasteiger partial charge in [0.05, 0.1) is 11.9 Å². The van der Waals surface area contributed by atoms with E-state index in [0.29, 0.717) is 0 Å². The first-order valence-electron chi connectivity index (χ1n) is 5.40. The van der Waals surface area contributed by atoms with Gasteiger partial charge in [-0.2, -0.15) is 5.10 Å². The van der Waals surface area contributed by atoms with Gasteiger partial charge >= 0.3 is 0 Å². The third kappa shape index (κ3) is 2.43. The van der Waals surface area contributed by atoms with Gasteiger partial charge in [0.15, 0.2) is 0 Å². The molecule has 2 heterocycles. The normalized spacial score (nSPS) is 10.6. The zero-order valence-electron chi connectivity index (χ0n) is 9.30. The monoisotopic (exact) mass is 217 g/mol. The fourth-order valence-corrected chi connectivity index (χ4v) is 1.50. The molecule has 2 rings (SSSR count). The number of nitrogens with one attached hydrogen (secondary N) is 1. The van der Waals surface area contributed by atoms with Crippen molar-refractivity contribution in [3.05, 3.63) is 36.7 Å². The van der Waals surface area contributed by atoms with Gasteiger partial charge in [0.2, 0.25) is 0 Å². The lowest BCUT2D eigenvalue weighted by Crippen LogP contribution is -2.15. The summed E-state index contributed by atoms with van der Waals surface area (Å²) < 4.78 is 1.73. The molecule has 0 spiro atoms. The molecule has 1 N–H and O–H groups in total. The van der Waals surface area contributed by atoms with E-state index in [2.05, 4.69) is 27.3 Å². The third-order valence-corrected chi connectivity index (χ3v) is 2.30. The Labute approximate surface area is 94.5 Å². The lowest BCUT2D eigenvalue weighted by atomic mass is 10.2. The van der Waals surface area contributed by atoms with E-state index in [9.17, 15) is 0 Å². The molecule has 2 aromatic heterocycles. The van der Waals surface area contributed by atoms with E-state index >= 15 is 0 Å². The van der Waals surface area contributed by atoms with Crippen molar-refractivity contribution in [1.82, 2.24) is 25.1 Å². The second-order valence-electron chi connectivity index (χ2n) is 3.52. The number of hydrogen-bond donors (Lipinski definition) is 1. The van der Waals surface area contributed by atoms with Gasteiger partial charge in [-0.3, -0.25) is 4.98 Å². The van der Waals surface area contributed by atoms with Crippen LogP contribution in [-0.4, -0.2) is 26.3 Å². The average Bonchev–Trinajstić information content (AvgIpc) is 2.83. The summed E-state index contributed by atoms with van der Waals surface area (Å²) in [6.07, 6.45) is 7.93. The van der Waals surface area contributed by atoms with Crippen LogP contribution in [0, 0.1) is 0 Å². The van der Waals surface area contributed by atoms with Gasteiger partial charge in [0, 0.05) is 12.7 Å². The summed E-state index contributed by atoms with van der Waals surface area (Å²) in [6, 6.07) is 2.00. The first kappa shape index (κ1) is 10.8. The van der Waals surface area contributed by atoms with Gasteiger partial charge in [-0.1, -0.05) is 6.92 Å². The van der Waals surface area contributed by atoms with Crippen LogP contribution in [0.4, 0.5) is 0 Å². The van der Waals surface area contributed by atoms with Gasteiger partial charge in [-0.15, -0.1) is 0 Å². The van der Waals surface area contributed by atoms with Crippen LogP contribution in [0.15, 0.2) is 31.1 Å². The van der Waals surface area contributed by atoms with Gasteiger partial charge < -0.3 is 5.32 Å². The Morgan fingerprint density at radius 1 is 1.38 bits per heavy atom. The third-order valence-electron chi connectivity index (χ3n) is 2.30. The fourth-order valence-electron chi connectivity index (χ4n) is 1.50. The molecule has 5 heteroatoms. The van der Waals surface area contributed by atoms with Crippen LogP contribution < -0.4 is 5.32 Å². The molecule has 0 radical (unpaired) electrons. The second kappa shape index (κ2) is 5.37. The number of hydrogen-bond acceptors (Lipinski definition) is 4. The molecule has 0 aliphatic heterocycles. The fraction of sp³-hybridized carbons (Fsp3) is 0.364. The van der Waals surface area contributed by atoms with E-state index in [-0.39, 0.29) is 0 Å². The van der Waals surface area contributed by atoms with E-state index in [1.54, 1.807) is 23.4 Å². The molecule has 0 aromatic carbocycles. The van der Waals surface area contributed by atoms with Crippen molar-refractivity contribution in [2.75, 3.05) is 6.54 Å². The maximum absolute atomic E-state index is 4.11. The standard InChI is InChI=1S/C11H15N5/c1-2-4-12-6-10-3-5-13-7-11(10)16-9-14-8-15-16/h3,5,7-9,12H,2,4,6H2,1H3. The summed E-state index contributed by atoms with van der Waals surface area (Å²) in [7, 11) is 0. The minimum absolute atomic E-state index is 0.825. The highest BCUT2D eigenvalue weighted by atomic mass is 15.3. The highest BCUT2D eigenvalue weighted by Crippen LogP contribution is 2.10. The van der Waals surface area contributed by atoms with Gasteiger partial charge in [-0.05, 0) is 24.6 Å². The van der Waals surface area contributed by atoms with Crippen molar-refractivity contribution in [2.45, 2.75) is 19.9 Å². The smallest absolute Gasteiger partial charge is 0.138 e. The predicted molar refractivity (Wildman–Crippen MR) is 61.2 cm³/mol. The summed E-state index contributed by atoms with van der Waals surface area (Å²) in [5.41, 5.74) is 2.15. The van der Waals surface area contributed by atoms with Crippen LogP contribution in [0.1, 0.15) is 18.9 Å². The van der Waals surface area contributed by atoms with Crippen molar-refractivity contribution < 1.29 is 0 Å². The molecule has 0 aliphatic carbocycles. The van der Waals surface area contributed by atoms with Crippen LogP contribution in [0.3, 0.4) is 0 Å². The van der Waals surface area contributed by atoms with Crippen molar-refractivity contribution in [3.63, 3.8) is 0 Å². The summed E-state index contributed by atoms with van der Waals surface area (Å²) >= 11 is 0. The zero-order chi connectivity index (χ0) is 11.2. The molecule has 0 fully saturated rings. The quantitative estimate of drug-likeness (QED) is 0.764. The predicted octanol–water partition coefficient (Wildman–Crippen LogP) is 1.16. The molecule has 0 unspecified atom stereocenters. The van der Waals surface area contributed by atoms with Crippen molar-refractivity contribution in [1.29, 1.82) is 0 Å². The van der Waals surface area contributed by atoms with E-state index in [4.69, 9.17) is 0 Å². The number of aromatic nitrogens is 4. The SMILES string of the molecule is CCCNCc1ccncc1-n1cncn1. The zero-order valence-corrected chi connectivity index (χ0v) is 9.30. The number of nitrogens with zero attached hydrogens (tertiary/aromatic N) is 4. The summed E-state index contributed by atoms with van der Waals surface area (Å²) in [4.78, 5) is 8.05. The molecule has 0 bridgehead atoms. The lowest BCUT2D eigenvalue weighted by Gasteiger charge is -2.08. The minimum atomic E-state index is 0.825. The summed E-state index contributed by atoms with van der Waals surface area (Å²) in [5.74, 6) is 0. The number of pyridine rings is 1. The van der Waals surface area contributed by atoms with Gasteiger partial charge in [0.1, 0.15) is 12.7 Å². The van der Waals surface area contributed by atoms with E-state index in [0.717, 1.165) is 25.2 Å². The van der Waals surface area contributed by atoms with Crippen molar-refractivity contribution in [3.8, 4) is 5.69 Å². The molecule has 0 saturated carbocycles. The molecule has 0 aliphatic rings. The Morgan fingerprint density at radius 3 is 3.06 bits per heavy atom. The average molecular weight is 217 g/mol. The highest BCUT2D eigenvalue weighted by Gasteiger charge is 2.04. The van der Waals surface area contributed by atoms with Crippen LogP contribution in [0.2, 0.25) is 0 Å². The number of rotatable bonds is 5. The van der Waals surface area contributed by atoms with Crippen molar-refractivity contribution >= 4 is 0 Å². The lowest BCUT2D eigenvalue weighted by molar-refractivity contribution is 0.669. The molecular weight excluding hydrogens is 202 g/mol. The second-order valence-corrected chi connectivity index (χ2v) is 3.52. The Morgan fingerprint density at radius 2 is 2.31 bits per heavy atom. The van der Waals surface area contributed by atoms with Crippen LogP contribution in [-0.2, 0) is 6.54 Å². The molecule has 0 saturated heterocycles. The van der Waals surface area contributed by atoms with E-state index in [1.807, 2.05) is 6.07 Å². The Hall–Kier alpha value is -1.75. The summed E-state index contributed by atoms with van der Waals surface area (Å²) in [5, 5.41) is 7.48. The van der Waals surface area contributed by atoms with E-state index in [1.165, 1.54) is 11.9 Å². The molecule has 0 atom stereocenters. The minimum Gasteiger partial charge on any atom is -0.313 e. The van der Waals surface area contributed by atoms with E-state index < -0.39 is 0 Å². The van der Waals surface area contributed by atoms with Gasteiger partial charge in [-0.25, -0.2) is 9.67 Å². The molecule has 16 heavy (non-hydrogen) atoms. The topological polar surface area (TPSA) is 55.6 Å². The summed E-state index contributed by atoms with van der Waals surface area (Å²) in [6.45, 7) is 3.99. The van der Waals surface area contributed by atoms with Crippen LogP contribution in [0.25, 0.3) is 5.69 Å².